The van der Waals surface area contributed by atoms with Gasteiger partial charge in [0.1, 0.15) is 6.61 Å². The van der Waals surface area contributed by atoms with Gasteiger partial charge < -0.3 is 14.8 Å². The number of halogens is 3. The van der Waals surface area contributed by atoms with Crippen molar-refractivity contribution in [3.63, 3.8) is 0 Å². The quantitative estimate of drug-likeness (QED) is 0.452. The molecular weight excluding hydrogens is 349 g/mol. The number of non-ortho nitro benzene ring substituents is 1. The molecule has 25 heavy (non-hydrogen) atoms. The molecule has 0 saturated carbocycles. The molecule has 0 aliphatic carbocycles. The number of alkyl halides is 3. The first-order valence-corrected chi connectivity index (χ1v) is 7.00. The summed E-state index contributed by atoms with van der Waals surface area (Å²) in [4.78, 5) is 32.8. The molecule has 0 radical (unpaired) electrons. The van der Waals surface area contributed by atoms with Crippen molar-refractivity contribution in [2.75, 3.05) is 18.5 Å². The fraction of sp³-hybridized carbons (Fsp3) is 0.429. The number of nitro benzene ring substituents is 1. The number of nitrogens with zero attached hydrogens (tertiary/aromatic N) is 1. The molecule has 1 rings (SSSR count). The topological polar surface area (TPSA) is 108 Å². The monoisotopic (exact) mass is 364 g/mol. The Labute approximate surface area is 140 Å². The molecule has 0 aliphatic heterocycles. The van der Waals surface area contributed by atoms with Gasteiger partial charge in [0.15, 0.2) is 6.10 Å². The zero-order valence-electron chi connectivity index (χ0n) is 13.3. The van der Waals surface area contributed by atoms with E-state index in [-0.39, 0.29) is 6.61 Å². The minimum absolute atomic E-state index is 0.243. The number of rotatable bonds is 7. The zero-order chi connectivity index (χ0) is 19.2. The van der Waals surface area contributed by atoms with Crippen LogP contribution in [0.5, 0.6) is 0 Å². The number of amides is 1. The largest absolute Gasteiger partial charge is 0.451 e. The van der Waals surface area contributed by atoms with Crippen LogP contribution in [0.3, 0.4) is 0 Å². The van der Waals surface area contributed by atoms with Gasteiger partial charge in [-0.1, -0.05) is 0 Å². The molecule has 0 fully saturated rings. The predicted molar refractivity (Wildman–Crippen MR) is 78.8 cm³/mol. The van der Waals surface area contributed by atoms with Crippen molar-refractivity contribution in [3.05, 3.63) is 33.9 Å². The average molecular weight is 364 g/mol. The van der Waals surface area contributed by atoms with Gasteiger partial charge in [-0.25, -0.2) is 4.79 Å². The Morgan fingerprint density at radius 2 is 2.00 bits per heavy atom. The van der Waals surface area contributed by atoms with E-state index in [0.717, 1.165) is 19.1 Å². The molecule has 1 atom stereocenters. The number of hydrogen-bond donors (Lipinski definition) is 1. The fourth-order valence-electron chi connectivity index (χ4n) is 1.69. The molecule has 0 heterocycles. The summed E-state index contributed by atoms with van der Waals surface area (Å²) >= 11 is 0. The highest BCUT2D eigenvalue weighted by molar-refractivity contribution is 5.96. The summed E-state index contributed by atoms with van der Waals surface area (Å²) < 4.78 is 48.5. The van der Waals surface area contributed by atoms with Crippen LogP contribution in [0.15, 0.2) is 18.2 Å². The summed E-state index contributed by atoms with van der Waals surface area (Å²) in [5, 5.41) is 12.6. The maximum Gasteiger partial charge on any atom is 0.418 e. The minimum atomic E-state index is -4.93. The number of anilines is 1. The van der Waals surface area contributed by atoms with Crippen LogP contribution in [0.1, 0.15) is 19.4 Å². The lowest BCUT2D eigenvalue weighted by Crippen LogP contribution is -2.32. The van der Waals surface area contributed by atoms with Gasteiger partial charge in [-0.2, -0.15) is 13.2 Å². The first-order chi connectivity index (χ1) is 11.6. The van der Waals surface area contributed by atoms with Gasteiger partial charge in [0.2, 0.25) is 0 Å². The molecule has 0 aliphatic rings. The van der Waals surface area contributed by atoms with Crippen molar-refractivity contribution >= 4 is 23.3 Å². The van der Waals surface area contributed by atoms with Crippen LogP contribution in [0, 0.1) is 10.1 Å². The van der Waals surface area contributed by atoms with Crippen LogP contribution in [0.2, 0.25) is 0 Å². The summed E-state index contributed by atoms with van der Waals surface area (Å²) in [5.41, 5.74) is -2.85. The third-order valence-corrected chi connectivity index (χ3v) is 2.88. The SMILES string of the molecule is CCOCC(=O)OC(C)C(=O)Nc1ccc([N+](=O)[O-])cc1C(F)(F)F. The Bertz CT molecular complexity index is 662. The Balaban J connectivity index is 2.92. The molecule has 1 unspecified atom stereocenters. The van der Waals surface area contributed by atoms with Gasteiger partial charge in [-0.3, -0.25) is 14.9 Å². The number of carbonyl (C=O) groups excluding carboxylic acids is 2. The average Bonchev–Trinajstić information content (AvgIpc) is 2.51. The van der Waals surface area contributed by atoms with Crippen molar-refractivity contribution < 1.29 is 37.2 Å². The molecular formula is C14H15F3N2O6. The van der Waals surface area contributed by atoms with E-state index < -0.39 is 52.6 Å². The van der Waals surface area contributed by atoms with Crippen LogP contribution >= 0.6 is 0 Å². The summed E-state index contributed by atoms with van der Waals surface area (Å²) in [6.45, 7) is 2.64. The summed E-state index contributed by atoms with van der Waals surface area (Å²) in [6.07, 6.45) is -6.31. The smallest absolute Gasteiger partial charge is 0.418 e. The van der Waals surface area contributed by atoms with Crippen molar-refractivity contribution in [1.82, 2.24) is 0 Å². The molecule has 1 N–H and O–H groups in total. The maximum atomic E-state index is 13.0. The van der Waals surface area contributed by atoms with Gasteiger partial charge in [0.05, 0.1) is 16.2 Å². The molecule has 8 nitrogen and oxygen atoms in total. The van der Waals surface area contributed by atoms with E-state index in [1.54, 1.807) is 6.92 Å². The highest BCUT2D eigenvalue weighted by Gasteiger charge is 2.36. The van der Waals surface area contributed by atoms with Crippen LogP contribution in [-0.2, 0) is 25.2 Å². The number of esters is 1. The van der Waals surface area contributed by atoms with E-state index in [1.165, 1.54) is 0 Å². The van der Waals surface area contributed by atoms with E-state index in [9.17, 15) is 32.9 Å². The van der Waals surface area contributed by atoms with Crippen molar-refractivity contribution in [1.29, 1.82) is 0 Å². The van der Waals surface area contributed by atoms with E-state index in [2.05, 4.69) is 0 Å². The Morgan fingerprint density at radius 1 is 1.36 bits per heavy atom. The Kier molecular flexibility index (Phi) is 6.86. The molecule has 1 amide bonds. The number of nitrogens with one attached hydrogen (secondary N) is 1. The lowest BCUT2D eigenvalue weighted by atomic mass is 10.1. The second-order valence-corrected chi connectivity index (χ2v) is 4.74. The lowest BCUT2D eigenvalue weighted by Gasteiger charge is -2.16. The van der Waals surface area contributed by atoms with Crippen molar-refractivity contribution in [2.45, 2.75) is 26.1 Å². The van der Waals surface area contributed by atoms with E-state index in [1.807, 2.05) is 5.32 Å². The lowest BCUT2D eigenvalue weighted by molar-refractivity contribution is -0.385. The third kappa shape index (κ3) is 6.03. The first-order valence-electron chi connectivity index (χ1n) is 7.00. The molecule has 11 heteroatoms. The number of carbonyl (C=O) groups is 2. The van der Waals surface area contributed by atoms with Gasteiger partial charge in [-0.15, -0.1) is 0 Å². The molecule has 0 spiro atoms. The fourth-order valence-corrected chi connectivity index (χ4v) is 1.69. The van der Waals surface area contributed by atoms with Gasteiger partial charge in [-0.05, 0) is 19.9 Å². The second kappa shape index (κ2) is 8.42. The van der Waals surface area contributed by atoms with Gasteiger partial charge in [0.25, 0.3) is 11.6 Å². The summed E-state index contributed by atoms with van der Waals surface area (Å²) in [5.74, 6) is -1.88. The Hall–Kier alpha value is -2.69. The van der Waals surface area contributed by atoms with Crippen molar-refractivity contribution in [2.24, 2.45) is 0 Å². The van der Waals surface area contributed by atoms with Gasteiger partial charge in [0, 0.05) is 18.7 Å². The number of ether oxygens (including phenoxy) is 2. The minimum Gasteiger partial charge on any atom is -0.451 e. The van der Waals surface area contributed by atoms with Crippen LogP contribution < -0.4 is 5.32 Å². The summed E-state index contributed by atoms with van der Waals surface area (Å²) in [7, 11) is 0. The highest BCUT2D eigenvalue weighted by atomic mass is 19.4. The number of nitro groups is 1. The predicted octanol–water partition coefficient (Wildman–Crippen LogP) is 2.52. The van der Waals surface area contributed by atoms with Crippen LogP contribution in [0.4, 0.5) is 24.5 Å². The maximum absolute atomic E-state index is 13.0. The third-order valence-electron chi connectivity index (χ3n) is 2.88. The number of hydrogen-bond acceptors (Lipinski definition) is 6. The van der Waals surface area contributed by atoms with E-state index in [0.29, 0.717) is 6.07 Å². The normalized spacial score (nSPS) is 12.4. The highest BCUT2D eigenvalue weighted by Crippen LogP contribution is 2.37. The summed E-state index contributed by atoms with van der Waals surface area (Å²) in [6, 6.07) is 1.88. The van der Waals surface area contributed by atoms with E-state index in [4.69, 9.17) is 9.47 Å². The molecule has 0 bridgehead atoms. The second-order valence-electron chi connectivity index (χ2n) is 4.74. The van der Waals surface area contributed by atoms with E-state index >= 15 is 0 Å². The molecule has 0 saturated heterocycles. The zero-order valence-corrected chi connectivity index (χ0v) is 13.3. The van der Waals surface area contributed by atoms with Gasteiger partial charge >= 0.3 is 12.1 Å². The molecule has 0 aromatic heterocycles. The van der Waals surface area contributed by atoms with Crippen molar-refractivity contribution in [3.8, 4) is 0 Å². The number of benzene rings is 1. The molecule has 138 valence electrons. The molecule has 1 aromatic carbocycles. The standard InChI is InChI=1S/C14H15F3N2O6/c1-3-24-7-12(20)25-8(2)13(21)18-11-5-4-9(19(22)23)6-10(11)14(15,16)17/h4-6,8H,3,7H2,1-2H3,(H,18,21). The van der Waals surface area contributed by atoms with Crippen LogP contribution in [0.25, 0.3) is 0 Å². The van der Waals surface area contributed by atoms with Crippen LogP contribution in [-0.4, -0.2) is 36.1 Å². The molecule has 1 aromatic rings. The Morgan fingerprint density at radius 3 is 2.52 bits per heavy atom. The first kappa shape index (κ1) is 20.4.